The van der Waals surface area contributed by atoms with Crippen LogP contribution in [0.5, 0.6) is 23.0 Å². The molecule has 1 fully saturated rings. The summed E-state index contributed by atoms with van der Waals surface area (Å²) in [6, 6.07) is 5.78. The van der Waals surface area contributed by atoms with Crippen molar-refractivity contribution in [3.05, 3.63) is 34.5 Å². The van der Waals surface area contributed by atoms with Crippen LogP contribution in [-0.2, 0) is 4.74 Å². The SMILES string of the molecule is COc1cccc2c(=O)c3c(O[C@@H]4O[C@H](CO)[C@@H](O)[C@@H](O)[C@H]4O)cc(O)c(OC)c3oc12. The summed E-state index contributed by atoms with van der Waals surface area (Å²) in [5.41, 5.74) is -0.567. The Balaban J connectivity index is 1.92. The monoisotopic (exact) mass is 450 g/mol. The number of fused-ring (bicyclic) bond motifs is 2. The fraction of sp³-hybridized carbons (Fsp3) is 0.381. The van der Waals surface area contributed by atoms with Crippen LogP contribution in [0, 0.1) is 0 Å². The van der Waals surface area contributed by atoms with Crippen molar-refractivity contribution in [2.24, 2.45) is 0 Å². The van der Waals surface area contributed by atoms with E-state index in [2.05, 4.69) is 0 Å². The average Bonchev–Trinajstić information content (AvgIpc) is 2.79. The van der Waals surface area contributed by atoms with Crippen LogP contribution < -0.4 is 19.6 Å². The van der Waals surface area contributed by atoms with Gasteiger partial charge in [0.1, 0.15) is 35.6 Å². The van der Waals surface area contributed by atoms with E-state index >= 15 is 0 Å². The molecule has 2 heterocycles. The van der Waals surface area contributed by atoms with Gasteiger partial charge in [-0.3, -0.25) is 4.79 Å². The summed E-state index contributed by atoms with van der Waals surface area (Å²) in [6.45, 7) is -0.661. The molecule has 11 nitrogen and oxygen atoms in total. The molecule has 0 spiro atoms. The van der Waals surface area contributed by atoms with Crippen molar-refractivity contribution < 1.29 is 48.9 Å². The quantitative estimate of drug-likeness (QED) is 0.328. The maximum Gasteiger partial charge on any atom is 0.229 e. The van der Waals surface area contributed by atoms with E-state index in [0.29, 0.717) is 0 Å². The van der Waals surface area contributed by atoms with Gasteiger partial charge in [0, 0.05) is 6.07 Å². The lowest BCUT2D eigenvalue weighted by atomic mass is 9.99. The van der Waals surface area contributed by atoms with Crippen LogP contribution in [0.25, 0.3) is 21.9 Å². The van der Waals surface area contributed by atoms with Gasteiger partial charge in [-0.15, -0.1) is 0 Å². The summed E-state index contributed by atoms with van der Waals surface area (Å²) in [5.74, 6) is -0.521. The van der Waals surface area contributed by atoms with Crippen molar-refractivity contribution in [3.8, 4) is 23.0 Å². The smallest absolute Gasteiger partial charge is 0.229 e. The summed E-state index contributed by atoms with van der Waals surface area (Å²) >= 11 is 0. The Hall–Kier alpha value is -3.09. The first-order valence-electron chi connectivity index (χ1n) is 9.63. The molecule has 11 heteroatoms. The molecule has 0 saturated carbocycles. The molecular weight excluding hydrogens is 428 g/mol. The second-order valence-electron chi connectivity index (χ2n) is 7.21. The van der Waals surface area contributed by atoms with Crippen LogP contribution in [0.15, 0.2) is 33.5 Å². The number of ether oxygens (including phenoxy) is 4. The minimum Gasteiger partial charge on any atom is -0.504 e. The van der Waals surface area contributed by atoms with E-state index in [-0.39, 0.29) is 39.2 Å². The number of aliphatic hydroxyl groups excluding tert-OH is 4. The summed E-state index contributed by atoms with van der Waals surface area (Å²) in [7, 11) is 2.69. The molecule has 0 unspecified atom stereocenters. The van der Waals surface area contributed by atoms with E-state index in [4.69, 9.17) is 23.4 Å². The van der Waals surface area contributed by atoms with Crippen LogP contribution in [0.4, 0.5) is 0 Å². The first-order chi connectivity index (χ1) is 15.3. The van der Waals surface area contributed by atoms with Gasteiger partial charge in [0.25, 0.3) is 0 Å². The van der Waals surface area contributed by atoms with Crippen LogP contribution in [0.1, 0.15) is 0 Å². The van der Waals surface area contributed by atoms with Crippen LogP contribution in [0.3, 0.4) is 0 Å². The van der Waals surface area contributed by atoms with Gasteiger partial charge in [-0.2, -0.15) is 0 Å². The Morgan fingerprint density at radius 2 is 1.75 bits per heavy atom. The number of para-hydroxylation sites is 1. The standard InChI is InChI=1S/C21H22O11/c1-28-10-5-3-4-8-14(24)13-11(6-9(23)19(29-2)20(13)32-18(8)10)30-21-17(27)16(26)15(25)12(7-22)31-21/h3-6,12,15-17,21-23,25-27H,7H2,1-2H3/t12-,15-,16-,17-,21-/m1/s1. The van der Waals surface area contributed by atoms with Crippen molar-refractivity contribution in [1.82, 2.24) is 0 Å². The summed E-state index contributed by atoms with van der Waals surface area (Å²) in [6.07, 6.45) is -7.80. The lowest BCUT2D eigenvalue weighted by Gasteiger charge is -2.39. The molecule has 0 amide bonds. The fourth-order valence-electron chi connectivity index (χ4n) is 3.69. The van der Waals surface area contributed by atoms with Crippen molar-refractivity contribution in [1.29, 1.82) is 0 Å². The maximum atomic E-state index is 13.4. The Labute approximate surface area is 180 Å². The number of aromatic hydroxyl groups is 1. The van der Waals surface area contributed by atoms with E-state index in [1.54, 1.807) is 12.1 Å². The molecule has 32 heavy (non-hydrogen) atoms. The number of hydrogen-bond donors (Lipinski definition) is 5. The molecule has 3 aromatic rings. The molecule has 5 atom stereocenters. The minimum absolute atomic E-state index is 0.121. The number of benzene rings is 2. The number of hydrogen-bond acceptors (Lipinski definition) is 11. The molecular formula is C21H22O11. The highest BCUT2D eigenvalue weighted by molar-refractivity contribution is 5.98. The lowest BCUT2D eigenvalue weighted by molar-refractivity contribution is -0.277. The average molecular weight is 450 g/mol. The third-order valence-electron chi connectivity index (χ3n) is 5.35. The Morgan fingerprint density at radius 3 is 2.41 bits per heavy atom. The molecule has 0 aliphatic carbocycles. The predicted molar refractivity (Wildman–Crippen MR) is 109 cm³/mol. The van der Waals surface area contributed by atoms with Gasteiger partial charge < -0.3 is 48.9 Å². The molecule has 1 aromatic heterocycles. The molecule has 0 radical (unpaired) electrons. The van der Waals surface area contributed by atoms with Gasteiger partial charge in [0.2, 0.25) is 17.5 Å². The van der Waals surface area contributed by atoms with Crippen molar-refractivity contribution in [3.63, 3.8) is 0 Å². The van der Waals surface area contributed by atoms with E-state index < -0.39 is 48.5 Å². The van der Waals surface area contributed by atoms with Gasteiger partial charge in [-0.1, -0.05) is 6.07 Å². The van der Waals surface area contributed by atoms with Crippen molar-refractivity contribution >= 4 is 21.9 Å². The molecule has 4 rings (SSSR count). The maximum absolute atomic E-state index is 13.4. The zero-order valence-electron chi connectivity index (χ0n) is 17.1. The molecule has 1 aliphatic heterocycles. The predicted octanol–water partition coefficient (Wildman–Crippen LogP) is -0.152. The number of aliphatic hydroxyl groups is 4. The second kappa shape index (κ2) is 8.45. The third-order valence-corrected chi connectivity index (χ3v) is 5.35. The Bertz CT molecular complexity index is 1200. The molecule has 1 saturated heterocycles. The number of methoxy groups -OCH3 is 2. The Kier molecular flexibility index (Phi) is 5.84. The summed E-state index contributed by atoms with van der Waals surface area (Å²) in [4.78, 5) is 13.4. The normalized spacial score (nSPS) is 25.8. The van der Waals surface area contributed by atoms with Gasteiger partial charge >= 0.3 is 0 Å². The highest BCUT2D eigenvalue weighted by Gasteiger charge is 2.45. The first kappa shape index (κ1) is 22.1. The van der Waals surface area contributed by atoms with E-state index in [1.807, 2.05) is 0 Å². The number of rotatable bonds is 5. The fourth-order valence-corrected chi connectivity index (χ4v) is 3.69. The third kappa shape index (κ3) is 3.40. The van der Waals surface area contributed by atoms with Gasteiger partial charge in [0.15, 0.2) is 22.7 Å². The molecule has 0 bridgehead atoms. The second-order valence-corrected chi connectivity index (χ2v) is 7.21. The van der Waals surface area contributed by atoms with Gasteiger partial charge in [0.05, 0.1) is 26.2 Å². The molecule has 5 N–H and O–H groups in total. The van der Waals surface area contributed by atoms with E-state index in [1.165, 1.54) is 20.3 Å². The highest BCUT2D eigenvalue weighted by Crippen LogP contribution is 2.42. The van der Waals surface area contributed by atoms with Crippen LogP contribution in [0.2, 0.25) is 0 Å². The molecule has 2 aromatic carbocycles. The molecule has 1 aliphatic rings. The number of phenolic OH excluding ortho intramolecular Hbond substituents is 1. The highest BCUT2D eigenvalue weighted by atomic mass is 16.7. The minimum atomic E-state index is -1.72. The summed E-state index contributed by atoms with van der Waals surface area (Å²) < 4.78 is 27.3. The molecule has 172 valence electrons. The van der Waals surface area contributed by atoms with Gasteiger partial charge in [-0.05, 0) is 12.1 Å². The zero-order chi connectivity index (χ0) is 23.2. The lowest BCUT2D eigenvalue weighted by Crippen LogP contribution is -2.60. The first-order valence-corrected chi connectivity index (χ1v) is 9.63. The van der Waals surface area contributed by atoms with Crippen LogP contribution in [-0.4, -0.2) is 77.1 Å². The summed E-state index contributed by atoms with van der Waals surface area (Å²) in [5, 5.41) is 50.1. The van der Waals surface area contributed by atoms with Crippen molar-refractivity contribution in [2.75, 3.05) is 20.8 Å². The largest absolute Gasteiger partial charge is 0.504 e. The van der Waals surface area contributed by atoms with E-state index in [0.717, 1.165) is 6.07 Å². The topological polar surface area (TPSA) is 168 Å². The Morgan fingerprint density at radius 1 is 1.00 bits per heavy atom. The number of phenols is 1. The zero-order valence-corrected chi connectivity index (χ0v) is 17.1. The van der Waals surface area contributed by atoms with Crippen LogP contribution >= 0.6 is 0 Å². The van der Waals surface area contributed by atoms with Crippen molar-refractivity contribution in [2.45, 2.75) is 30.7 Å². The van der Waals surface area contributed by atoms with Gasteiger partial charge in [-0.25, -0.2) is 0 Å². The van der Waals surface area contributed by atoms with E-state index in [9.17, 15) is 30.3 Å².